The number of hydrogen-bond acceptors (Lipinski definition) is 2. The Bertz CT molecular complexity index is 990. The van der Waals surface area contributed by atoms with Crippen LogP contribution in [0.1, 0.15) is 102 Å². The third-order valence-corrected chi connectivity index (χ3v) is 12.2. The second kappa shape index (κ2) is 10.0. The van der Waals surface area contributed by atoms with Gasteiger partial charge in [0.15, 0.2) is 9.84 Å². The first-order valence-electron chi connectivity index (χ1n) is 13.8. The Kier molecular flexibility index (Phi) is 7.59. The summed E-state index contributed by atoms with van der Waals surface area (Å²) in [5, 5.41) is -0.992. The van der Waals surface area contributed by atoms with Crippen molar-refractivity contribution in [3.8, 4) is 0 Å². The van der Waals surface area contributed by atoms with Gasteiger partial charge in [-0.3, -0.25) is 0 Å². The molecule has 6 atom stereocenters. The van der Waals surface area contributed by atoms with Crippen LogP contribution in [0.15, 0.2) is 60.7 Å². The summed E-state index contributed by atoms with van der Waals surface area (Å²) >= 11 is 0. The Morgan fingerprint density at radius 3 is 1.31 bits per heavy atom. The van der Waals surface area contributed by atoms with E-state index >= 15 is 8.42 Å². The Morgan fingerprint density at radius 1 is 0.657 bits per heavy atom. The van der Waals surface area contributed by atoms with E-state index < -0.39 is 20.3 Å². The lowest BCUT2D eigenvalue weighted by Gasteiger charge is -2.51. The molecular weight excluding hydrogens is 448 g/mol. The maximum atomic E-state index is 15.3. The van der Waals surface area contributed by atoms with Crippen LogP contribution in [-0.4, -0.2) is 8.42 Å². The van der Waals surface area contributed by atoms with Gasteiger partial charge in [-0.15, -0.1) is 0 Å². The summed E-state index contributed by atoms with van der Waals surface area (Å²) < 4.78 is 30.6. The van der Waals surface area contributed by atoms with Crippen molar-refractivity contribution < 1.29 is 8.42 Å². The summed E-state index contributed by atoms with van der Waals surface area (Å²) in [6, 6.07) is 20.3. The van der Waals surface area contributed by atoms with Crippen LogP contribution in [0, 0.1) is 34.5 Å². The van der Waals surface area contributed by atoms with Gasteiger partial charge in [0.2, 0.25) is 0 Å². The van der Waals surface area contributed by atoms with E-state index in [1.807, 2.05) is 36.4 Å². The maximum absolute atomic E-state index is 15.3. The highest BCUT2D eigenvalue weighted by Gasteiger charge is 2.54. The molecule has 0 aromatic heterocycles. The summed E-state index contributed by atoms with van der Waals surface area (Å²) in [7, 11) is -3.58. The molecular formula is C32H46O2S. The van der Waals surface area contributed by atoms with E-state index in [1.54, 1.807) is 0 Å². The highest BCUT2D eigenvalue weighted by atomic mass is 32.2. The van der Waals surface area contributed by atoms with E-state index in [4.69, 9.17) is 0 Å². The van der Waals surface area contributed by atoms with Crippen molar-refractivity contribution in [2.75, 3.05) is 0 Å². The van der Waals surface area contributed by atoms with Crippen LogP contribution >= 0.6 is 0 Å². The molecule has 4 rings (SSSR count). The van der Waals surface area contributed by atoms with Crippen molar-refractivity contribution in [1.82, 2.24) is 0 Å². The molecule has 0 heterocycles. The molecule has 0 bridgehead atoms. The van der Waals surface area contributed by atoms with Gasteiger partial charge in [-0.05, 0) is 58.5 Å². The minimum absolute atomic E-state index is 0.0276. The van der Waals surface area contributed by atoms with E-state index in [0.29, 0.717) is 11.8 Å². The lowest BCUT2D eigenvalue weighted by molar-refractivity contribution is 0.0695. The first-order valence-corrected chi connectivity index (χ1v) is 15.4. The Labute approximate surface area is 214 Å². The van der Waals surface area contributed by atoms with Crippen LogP contribution < -0.4 is 0 Å². The predicted octanol–water partition coefficient (Wildman–Crippen LogP) is 8.81. The fourth-order valence-electron chi connectivity index (χ4n) is 8.05. The molecule has 2 nitrogen and oxygen atoms in total. The highest BCUT2D eigenvalue weighted by molar-refractivity contribution is 7.92. The third kappa shape index (κ3) is 5.13. The van der Waals surface area contributed by atoms with Crippen LogP contribution in [0.3, 0.4) is 0 Å². The van der Waals surface area contributed by atoms with Gasteiger partial charge in [-0.25, -0.2) is 8.42 Å². The lowest BCUT2D eigenvalue weighted by Crippen LogP contribution is -2.46. The molecule has 2 fully saturated rings. The molecule has 0 radical (unpaired) electrons. The molecule has 2 aliphatic rings. The van der Waals surface area contributed by atoms with E-state index in [1.165, 1.54) is 12.8 Å². The molecule has 3 heteroatoms. The number of hydrogen-bond donors (Lipinski definition) is 0. The zero-order chi connectivity index (χ0) is 25.4. The van der Waals surface area contributed by atoms with Crippen molar-refractivity contribution >= 4 is 9.84 Å². The van der Waals surface area contributed by atoms with Gasteiger partial charge >= 0.3 is 0 Å². The van der Waals surface area contributed by atoms with Gasteiger partial charge in [-0.1, -0.05) is 128 Å². The molecule has 192 valence electrons. The van der Waals surface area contributed by atoms with Crippen LogP contribution in [0.2, 0.25) is 0 Å². The molecule has 2 saturated carbocycles. The summed E-state index contributed by atoms with van der Waals surface area (Å²) in [6.45, 7) is 13.8. The molecule has 0 N–H and O–H groups in total. The number of rotatable bonds is 6. The molecule has 2 aromatic carbocycles. The molecule has 0 aliphatic heterocycles. The van der Waals surface area contributed by atoms with E-state index in [2.05, 4.69) is 65.8 Å². The van der Waals surface area contributed by atoms with Gasteiger partial charge in [0, 0.05) is 0 Å². The zero-order valence-electron chi connectivity index (χ0n) is 22.7. The fourth-order valence-corrected chi connectivity index (χ4v) is 11.5. The zero-order valence-corrected chi connectivity index (χ0v) is 23.5. The Morgan fingerprint density at radius 2 is 1.00 bits per heavy atom. The molecule has 2 aliphatic carbocycles. The van der Waals surface area contributed by atoms with Gasteiger partial charge in [0.25, 0.3) is 0 Å². The van der Waals surface area contributed by atoms with Crippen molar-refractivity contribution in [1.29, 1.82) is 0 Å². The quantitative estimate of drug-likeness (QED) is 0.402. The standard InChI is InChI=1S/C32H46O2S/c1-23-15-13-21-31(3,4)27(23)29(25-17-9-7-10-18-25)35(33,34)30(26-19-11-8-12-20-26)28-24(2)16-14-22-32(28,5)6/h7-12,17-20,23-24,27-30H,13-16,21-22H2,1-6H3/t23-,24-,27?,28?,29-,30-/m0/s1. The fraction of sp³-hybridized carbons (Fsp3) is 0.625. The predicted molar refractivity (Wildman–Crippen MR) is 148 cm³/mol. The SMILES string of the molecule is C[C@H]1CCCC(C)(C)C1[C@H](c1ccccc1)S(=O)(=O)[C@@H](c1ccccc1)C1[C@@H](C)CCCC1(C)C. The van der Waals surface area contributed by atoms with Crippen molar-refractivity contribution in [3.63, 3.8) is 0 Å². The normalized spacial score (nSPS) is 30.3. The van der Waals surface area contributed by atoms with Crippen LogP contribution in [-0.2, 0) is 9.84 Å². The molecule has 2 aromatic rings. The minimum atomic E-state index is -3.58. The summed E-state index contributed by atoms with van der Waals surface area (Å²) in [4.78, 5) is 0. The van der Waals surface area contributed by atoms with Gasteiger partial charge < -0.3 is 0 Å². The Hall–Kier alpha value is -1.61. The molecule has 0 saturated heterocycles. The van der Waals surface area contributed by atoms with Crippen LogP contribution in [0.5, 0.6) is 0 Å². The summed E-state index contributed by atoms with van der Waals surface area (Å²) in [5.74, 6) is 0.924. The molecule has 0 amide bonds. The maximum Gasteiger partial charge on any atom is 0.164 e. The van der Waals surface area contributed by atoms with Gasteiger partial charge in [0.1, 0.15) is 0 Å². The van der Waals surface area contributed by atoms with Crippen molar-refractivity contribution in [3.05, 3.63) is 71.8 Å². The van der Waals surface area contributed by atoms with E-state index in [9.17, 15) is 0 Å². The largest absolute Gasteiger partial charge is 0.228 e. The van der Waals surface area contributed by atoms with Crippen molar-refractivity contribution in [2.24, 2.45) is 34.5 Å². The van der Waals surface area contributed by atoms with Gasteiger partial charge in [-0.2, -0.15) is 0 Å². The summed E-state index contributed by atoms with van der Waals surface area (Å²) in [6.07, 6.45) is 6.75. The first kappa shape index (κ1) is 26.5. The van der Waals surface area contributed by atoms with Crippen LogP contribution in [0.4, 0.5) is 0 Å². The van der Waals surface area contributed by atoms with Gasteiger partial charge in [0.05, 0.1) is 10.5 Å². The average Bonchev–Trinajstić information content (AvgIpc) is 2.79. The smallest absolute Gasteiger partial charge is 0.164 e. The first-order chi connectivity index (χ1) is 16.5. The highest BCUT2D eigenvalue weighted by Crippen LogP contribution is 2.59. The van der Waals surface area contributed by atoms with E-state index in [-0.39, 0.29) is 22.7 Å². The topological polar surface area (TPSA) is 34.1 Å². The lowest BCUT2D eigenvalue weighted by atomic mass is 9.62. The second-order valence-electron chi connectivity index (χ2n) is 13.0. The monoisotopic (exact) mass is 494 g/mol. The third-order valence-electron chi connectivity index (χ3n) is 9.61. The molecule has 35 heavy (non-hydrogen) atoms. The van der Waals surface area contributed by atoms with E-state index in [0.717, 1.165) is 36.8 Å². The summed E-state index contributed by atoms with van der Waals surface area (Å²) in [5.41, 5.74) is 1.89. The minimum Gasteiger partial charge on any atom is -0.228 e. The molecule has 0 spiro atoms. The second-order valence-corrected chi connectivity index (χ2v) is 15.2. The van der Waals surface area contributed by atoms with Crippen LogP contribution in [0.25, 0.3) is 0 Å². The Balaban J connectivity index is 1.95. The average molecular weight is 495 g/mol. The molecule has 2 unspecified atom stereocenters. The van der Waals surface area contributed by atoms with Crippen molar-refractivity contribution in [2.45, 2.75) is 90.6 Å². The number of benzene rings is 2. The number of sulfone groups is 1.